The molecule has 0 bridgehead atoms. The Labute approximate surface area is 185 Å². The van der Waals surface area contributed by atoms with Crippen LogP contribution in [0.3, 0.4) is 0 Å². The molecule has 0 aliphatic carbocycles. The van der Waals surface area contributed by atoms with Gasteiger partial charge in [-0.3, -0.25) is 4.79 Å². The summed E-state index contributed by atoms with van der Waals surface area (Å²) in [5.41, 5.74) is 0.252. The Hall–Kier alpha value is -3.32. The van der Waals surface area contributed by atoms with Gasteiger partial charge in [-0.1, -0.05) is 0 Å². The van der Waals surface area contributed by atoms with Crippen molar-refractivity contribution in [2.45, 2.75) is 17.6 Å². The van der Waals surface area contributed by atoms with Gasteiger partial charge in [-0.25, -0.2) is 27.9 Å². The van der Waals surface area contributed by atoms with E-state index in [0.717, 1.165) is 24.4 Å². The monoisotopic (exact) mass is 483 g/mol. The molecule has 1 amide bonds. The summed E-state index contributed by atoms with van der Waals surface area (Å²) < 4.78 is 76.3. The summed E-state index contributed by atoms with van der Waals surface area (Å²) in [4.78, 5) is 22.4. The van der Waals surface area contributed by atoms with Crippen LogP contribution < -0.4 is 15.4 Å². The van der Waals surface area contributed by atoms with E-state index in [1.807, 2.05) is 0 Å². The zero-order chi connectivity index (χ0) is 24.0. The van der Waals surface area contributed by atoms with E-state index in [4.69, 9.17) is 5.14 Å². The Morgan fingerprint density at radius 2 is 1.94 bits per heavy atom. The van der Waals surface area contributed by atoms with Crippen LogP contribution in [0.4, 0.5) is 29.1 Å². The van der Waals surface area contributed by atoms with E-state index < -0.39 is 38.9 Å². The maximum atomic E-state index is 13.7. The molecule has 1 aliphatic heterocycles. The van der Waals surface area contributed by atoms with Crippen molar-refractivity contribution < 1.29 is 30.8 Å². The SMILES string of the molecule is NS(=O)(=O)c1cc(NC(=O)c2cc3cc(F)ccc3nc2N2CCC(C(F)(F)F)C2)ccn1. The average Bonchev–Trinajstić information content (AvgIpc) is 3.23. The molecule has 2 aromatic heterocycles. The molecule has 3 heterocycles. The maximum absolute atomic E-state index is 13.7. The number of aromatic nitrogens is 2. The average molecular weight is 483 g/mol. The largest absolute Gasteiger partial charge is 0.393 e. The number of primary sulfonamides is 1. The molecule has 0 radical (unpaired) electrons. The number of rotatable bonds is 4. The number of pyridine rings is 2. The van der Waals surface area contributed by atoms with Crippen molar-refractivity contribution in [2.24, 2.45) is 11.1 Å². The first-order chi connectivity index (χ1) is 15.4. The molecule has 0 spiro atoms. The number of benzene rings is 1. The number of nitrogens with one attached hydrogen (secondary N) is 1. The second kappa shape index (κ2) is 8.23. The summed E-state index contributed by atoms with van der Waals surface area (Å²) in [6, 6.07) is 7.36. The van der Waals surface area contributed by atoms with Crippen molar-refractivity contribution in [1.29, 1.82) is 0 Å². The van der Waals surface area contributed by atoms with E-state index in [0.29, 0.717) is 5.52 Å². The molecule has 0 saturated carbocycles. The third-order valence-electron chi connectivity index (χ3n) is 5.24. The van der Waals surface area contributed by atoms with Gasteiger partial charge in [0.2, 0.25) is 0 Å². The lowest BCUT2D eigenvalue weighted by molar-refractivity contribution is -0.168. The molecule has 1 unspecified atom stereocenters. The number of halogens is 4. The van der Waals surface area contributed by atoms with Crippen molar-refractivity contribution in [1.82, 2.24) is 9.97 Å². The van der Waals surface area contributed by atoms with Crippen molar-refractivity contribution in [3.05, 3.63) is 54.0 Å². The molecule has 174 valence electrons. The molecule has 13 heteroatoms. The lowest BCUT2D eigenvalue weighted by Crippen LogP contribution is -2.29. The van der Waals surface area contributed by atoms with Crippen LogP contribution in [0.15, 0.2) is 47.6 Å². The van der Waals surface area contributed by atoms with Gasteiger partial charge in [0.25, 0.3) is 15.9 Å². The molecule has 1 atom stereocenters. The minimum absolute atomic E-state index is 0.0130. The number of anilines is 2. The van der Waals surface area contributed by atoms with Gasteiger partial charge in [-0.05, 0) is 36.8 Å². The number of hydrogen-bond acceptors (Lipinski definition) is 6. The normalized spacial score (nSPS) is 16.9. The van der Waals surface area contributed by atoms with Crippen LogP contribution in [0.25, 0.3) is 10.9 Å². The predicted octanol–water partition coefficient (Wildman–Crippen LogP) is 3.06. The van der Waals surface area contributed by atoms with Crippen LogP contribution in [0.5, 0.6) is 0 Å². The van der Waals surface area contributed by atoms with Crippen LogP contribution in [0.1, 0.15) is 16.8 Å². The summed E-state index contributed by atoms with van der Waals surface area (Å²) in [6.07, 6.45) is -3.42. The Morgan fingerprint density at radius 3 is 2.61 bits per heavy atom. The van der Waals surface area contributed by atoms with Gasteiger partial charge >= 0.3 is 6.18 Å². The zero-order valence-corrected chi connectivity index (χ0v) is 17.6. The number of fused-ring (bicyclic) bond motifs is 1. The van der Waals surface area contributed by atoms with E-state index >= 15 is 0 Å². The summed E-state index contributed by atoms with van der Waals surface area (Å²) in [6.45, 7) is -0.358. The highest BCUT2D eigenvalue weighted by Gasteiger charge is 2.44. The minimum Gasteiger partial charge on any atom is -0.355 e. The molecule has 33 heavy (non-hydrogen) atoms. The molecule has 3 aromatic rings. The number of nitrogens with two attached hydrogens (primary N) is 1. The number of alkyl halides is 3. The molecule has 8 nitrogen and oxygen atoms in total. The number of nitrogens with zero attached hydrogens (tertiary/aromatic N) is 3. The van der Waals surface area contributed by atoms with Crippen LogP contribution >= 0.6 is 0 Å². The standard InChI is InChI=1S/C20H17F4N5O3S/c21-13-1-2-16-11(7-13)8-15(18(28-16)29-6-4-12(10-29)20(22,23)24)19(30)27-14-3-5-26-17(9-14)33(25,31)32/h1-3,5,7-9,12H,4,6,10H2,(H2,25,31,32)(H,26,27,30). The van der Waals surface area contributed by atoms with Gasteiger partial charge in [-0.15, -0.1) is 0 Å². The van der Waals surface area contributed by atoms with Gasteiger partial charge in [0.05, 0.1) is 17.0 Å². The third-order valence-corrected chi connectivity index (χ3v) is 6.04. The van der Waals surface area contributed by atoms with Gasteiger partial charge in [0.15, 0.2) is 5.03 Å². The van der Waals surface area contributed by atoms with Crippen molar-refractivity contribution in [2.75, 3.05) is 23.3 Å². The summed E-state index contributed by atoms with van der Waals surface area (Å²) in [7, 11) is -4.13. The highest BCUT2D eigenvalue weighted by Crippen LogP contribution is 2.36. The maximum Gasteiger partial charge on any atom is 0.393 e. The van der Waals surface area contributed by atoms with Crippen LogP contribution in [-0.4, -0.2) is 43.6 Å². The second-order valence-electron chi connectivity index (χ2n) is 7.55. The fourth-order valence-electron chi connectivity index (χ4n) is 3.61. The predicted molar refractivity (Wildman–Crippen MR) is 112 cm³/mol. The highest BCUT2D eigenvalue weighted by molar-refractivity contribution is 7.89. The first-order valence-corrected chi connectivity index (χ1v) is 11.2. The number of amides is 1. The summed E-state index contributed by atoms with van der Waals surface area (Å²) >= 11 is 0. The summed E-state index contributed by atoms with van der Waals surface area (Å²) in [5.74, 6) is -2.91. The lowest BCUT2D eigenvalue weighted by Gasteiger charge is -2.22. The first kappa shape index (κ1) is 22.9. The smallest absolute Gasteiger partial charge is 0.355 e. The lowest BCUT2D eigenvalue weighted by atomic mass is 10.1. The topological polar surface area (TPSA) is 118 Å². The molecule has 3 N–H and O–H groups in total. The van der Waals surface area contributed by atoms with Gasteiger partial charge in [-0.2, -0.15) is 13.2 Å². The van der Waals surface area contributed by atoms with E-state index in [1.54, 1.807) is 0 Å². The fourth-order valence-corrected chi connectivity index (χ4v) is 4.11. The quantitative estimate of drug-likeness (QED) is 0.551. The third kappa shape index (κ3) is 4.88. The molecular formula is C20H17F4N5O3S. The summed E-state index contributed by atoms with van der Waals surface area (Å²) in [5, 5.41) is 7.32. The van der Waals surface area contributed by atoms with E-state index in [9.17, 15) is 30.8 Å². The van der Waals surface area contributed by atoms with E-state index in [2.05, 4.69) is 15.3 Å². The Kier molecular flexibility index (Phi) is 5.70. The molecule has 4 rings (SSSR count). The van der Waals surface area contributed by atoms with Crippen LogP contribution in [0, 0.1) is 11.7 Å². The fraction of sp³-hybridized carbons (Fsp3) is 0.250. The van der Waals surface area contributed by atoms with Crippen molar-refractivity contribution >= 4 is 38.3 Å². The van der Waals surface area contributed by atoms with Gasteiger partial charge in [0.1, 0.15) is 11.6 Å². The van der Waals surface area contributed by atoms with Crippen molar-refractivity contribution in [3.8, 4) is 0 Å². The molecule has 1 fully saturated rings. The van der Waals surface area contributed by atoms with Gasteiger partial charge in [0, 0.05) is 36.4 Å². The van der Waals surface area contributed by atoms with Gasteiger partial charge < -0.3 is 10.2 Å². The minimum atomic E-state index is -4.39. The molecule has 1 saturated heterocycles. The number of sulfonamides is 1. The Bertz CT molecular complexity index is 1350. The highest BCUT2D eigenvalue weighted by atomic mass is 32.2. The Balaban J connectivity index is 1.74. The molecule has 1 aromatic carbocycles. The second-order valence-corrected chi connectivity index (χ2v) is 9.06. The van der Waals surface area contributed by atoms with E-state index in [1.165, 1.54) is 23.1 Å². The molecular weight excluding hydrogens is 466 g/mol. The van der Waals surface area contributed by atoms with Crippen LogP contribution in [-0.2, 0) is 10.0 Å². The zero-order valence-electron chi connectivity index (χ0n) is 16.8. The van der Waals surface area contributed by atoms with E-state index in [-0.39, 0.29) is 42.0 Å². The first-order valence-electron chi connectivity index (χ1n) is 9.64. The Morgan fingerprint density at radius 1 is 1.18 bits per heavy atom. The van der Waals surface area contributed by atoms with Crippen molar-refractivity contribution in [3.63, 3.8) is 0 Å². The molecule has 1 aliphatic rings. The number of carbonyl (C=O) groups excluding carboxylic acids is 1. The number of carbonyl (C=O) groups is 1. The van der Waals surface area contributed by atoms with Crippen LogP contribution in [0.2, 0.25) is 0 Å². The number of hydrogen-bond donors (Lipinski definition) is 2.